The minimum atomic E-state index is -0.957. The second kappa shape index (κ2) is 6.03. The van der Waals surface area contributed by atoms with Gasteiger partial charge in [-0.1, -0.05) is 6.07 Å². The lowest BCUT2D eigenvalue weighted by molar-refractivity contribution is -0.150. The third kappa shape index (κ3) is 2.34. The highest BCUT2D eigenvalue weighted by atomic mass is 19.1. The molecule has 2 heterocycles. The molecule has 1 saturated heterocycles. The number of halogens is 3. The van der Waals surface area contributed by atoms with Crippen LogP contribution in [-0.4, -0.2) is 36.1 Å². The molecule has 4 aliphatic rings. The Morgan fingerprint density at radius 1 is 1.25 bits per heavy atom. The van der Waals surface area contributed by atoms with Crippen molar-refractivity contribution in [3.05, 3.63) is 52.6 Å². The first-order chi connectivity index (χ1) is 13.4. The van der Waals surface area contributed by atoms with Gasteiger partial charge in [0.25, 0.3) is 0 Å². The first-order valence-corrected chi connectivity index (χ1v) is 9.62. The molecule has 1 amide bonds. The highest BCUT2D eigenvalue weighted by Gasteiger charge is 2.58. The predicted octanol–water partition coefficient (Wildman–Crippen LogP) is 4.44. The highest BCUT2D eigenvalue weighted by Crippen LogP contribution is 2.57. The number of hydrogen-bond donors (Lipinski definition) is 0. The van der Waals surface area contributed by atoms with E-state index in [2.05, 4.69) is 10.2 Å². The lowest BCUT2D eigenvalue weighted by Crippen LogP contribution is -2.59. The number of benzene rings is 1. The molecular formula is C21H20F3N3O. The van der Waals surface area contributed by atoms with Gasteiger partial charge >= 0.3 is 0 Å². The van der Waals surface area contributed by atoms with Crippen molar-refractivity contribution in [1.29, 1.82) is 0 Å². The summed E-state index contributed by atoms with van der Waals surface area (Å²) in [5.74, 6) is -1.32. The van der Waals surface area contributed by atoms with Crippen LogP contribution in [0.15, 0.2) is 45.6 Å². The van der Waals surface area contributed by atoms with Gasteiger partial charge in [-0.25, -0.2) is 13.2 Å². The number of nitrogens with zero attached hydrogens (tertiary/aromatic N) is 3. The van der Waals surface area contributed by atoms with E-state index in [0.29, 0.717) is 12.8 Å². The molecule has 2 aliphatic carbocycles. The predicted molar refractivity (Wildman–Crippen MR) is 96.9 cm³/mol. The Bertz CT molecular complexity index is 943. The number of allylic oxidation sites excluding steroid dienone is 2. The standard InChI is InChI=1S/C21H20F3N3O/c1-11-14-7-17(18-15(23)3-2-4-16(18)24)25-26-19(11)21(6-5-12(14)8-21)20(28)27-9-13(22)10-27/h2-4,7,12-13,19H,5-6,8-10H2,1H3/t12-,19?,21-/m0/s1. The summed E-state index contributed by atoms with van der Waals surface area (Å²) in [5, 5.41) is 8.61. The van der Waals surface area contributed by atoms with Crippen LogP contribution in [-0.2, 0) is 4.79 Å². The Morgan fingerprint density at radius 3 is 2.64 bits per heavy atom. The van der Waals surface area contributed by atoms with E-state index in [-0.39, 0.29) is 36.2 Å². The summed E-state index contributed by atoms with van der Waals surface area (Å²) in [5.41, 5.74) is 1.13. The van der Waals surface area contributed by atoms with Gasteiger partial charge in [0.1, 0.15) is 23.8 Å². The van der Waals surface area contributed by atoms with Crippen molar-refractivity contribution in [3.8, 4) is 0 Å². The van der Waals surface area contributed by atoms with Crippen molar-refractivity contribution in [1.82, 2.24) is 4.90 Å². The van der Waals surface area contributed by atoms with E-state index < -0.39 is 29.3 Å². The summed E-state index contributed by atoms with van der Waals surface area (Å²) >= 11 is 0. The molecule has 7 heteroatoms. The molecule has 3 atom stereocenters. The minimum absolute atomic E-state index is 0.0632. The van der Waals surface area contributed by atoms with Crippen LogP contribution in [0.2, 0.25) is 0 Å². The fourth-order valence-corrected chi connectivity index (χ4v) is 5.29. The number of fused-ring (bicyclic) bond motifs is 5. The van der Waals surface area contributed by atoms with Gasteiger partial charge < -0.3 is 4.90 Å². The van der Waals surface area contributed by atoms with E-state index in [9.17, 15) is 18.0 Å². The second-order valence-electron chi connectivity index (χ2n) is 8.29. The molecule has 0 radical (unpaired) electrons. The molecule has 5 rings (SSSR count). The molecule has 4 nitrogen and oxygen atoms in total. The SMILES string of the molecule is CC1=C2C=C(c3c(F)cccc3F)N=NC1[C@]1(C(=O)N3CC(F)C3)CC[C@H]2C1. The molecule has 1 unspecified atom stereocenters. The number of rotatable bonds is 2. The Morgan fingerprint density at radius 2 is 1.96 bits per heavy atom. The normalized spacial score (nSPS) is 31.6. The minimum Gasteiger partial charge on any atom is -0.336 e. The second-order valence-corrected chi connectivity index (χ2v) is 8.29. The Kier molecular flexibility index (Phi) is 3.80. The van der Waals surface area contributed by atoms with Gasteiger partial charge in [0.2, 0.25) is 5.91 Å². The first-order valence-electron chi connectivity index (χ1n) is 9.62. The molecule has 2 aliphatic heterocycles. The molecule has 28 heavy (non-hydrogen) atoms. The highest BCUT2D eigenvalue weighted by molar-refractivity contribution is 5.86. The van der Waals surface area contributed by atoms with Gasteiger partial charge in [-0.05, 0) is 61.5 Å². The number of amides is 1. The number of azo groups is 1. The van der Waals surface area contributed by atoms with Crippen LogP contribution in [0.1, 0.15) is 31.7 Å². The van der Waals surface area contributed by atoms with Crippen molar-refractivity contribution in [3.63, 3.8) is 0 Å². The molecule has 0 N–H and O–H groups in total. The van der Waals surface area contributed by atoms with Crippen molar-refractivity contribution in [2.24, 2.45) is 21.6 Å². The van der Waals surface area contributed by atoms with Gasteiger partial charge in [-0.3, -0.25) is 4.79 Å². The zero-order valence-corrected chi connectivity index (χ0v) is 15.5. The number of alkyl halides is 1. The van der Waals surface area contributed by atoms with Crippen LogP contribution in [0, 0.1) is 23.0 Å². The van der Waals surface area contributed by atoms with E-state index in [4.69, 9.17) is 0 Å². The third-order valence-corrected chi connectivity index (χ3v) is 6.72. The average molecular weight is 387 g/mol. The summed E-state index contributed by atoms with van der Waals surface area (Å²) in [4.78, 5) is 14.8. The van der Waals surface area contributed by atoms with Gasteiger partial charge in [-0.2, -0.15) is 10.2 Å². The average Bonchev–Trinajstić information content (AvgIpc) is 2.98. The number of carbonyl (C=O) groups is 1. The van der Waals surface area contributed by atoms with Crippen LogP contribution < -0.4 is 0 Å². The molecule has 4 bridgehead atoms. The van der Waals surface area contributed by atoms with E-state index in [1.807, 2.05) is 6.92 Å². The van der Waals surface area contributed by atoms with Crippen LogP contribution in [0.5, 0.6) is 0 Å². The van der Waals surface area contributed by atoms with E-state index >= 15 is 0 Å². The number of likely N-dealkylation sites (tertiary alicyclic amines) is 1. The van der Waals surface area contributed by atoms with Crippen molar-refractivity contribution >= 4 is 11.6 Å². The molecular weight excluding hydrogens is 367 g/mol. The first kappa shape index (κ1) is 17.6. The monoisotopic (exact) mass is 387 g/mol. The van der Waals surface area contributed by atoms with Crippen molar-refractivity contribution < 1.29 is 18.0 Å². The lowest BCUT2D eigenvalue weighted by Gasteiger charge is -2.44. The summed E-state index contributed by atoms with van der Waals surface area (Å²) in [6, 6.07) is 3.23. The Hall–Kier alpha value is -2.44. The van der Waals surface area contributed by atoms with Gasteiger partial charge in [0, 0.05) is 0 Å². The van der Waals surface area contributed by atoms with Crippen LogP contribution in [0.25, 0.3) is 5.70 Å². The van der Waals surface area contributed by atoms with E-state index in [0.717, 1.165) is 17.6 Å². The molecule has 1 saturated carbocycles. The third-order valence-electron chi connectivity index (χ3n) is 6.72. The Labute approximate surface area is 160 Å². The molecule has 1 aromatic carbocycles. The molecule has 2 fully saturated rings. The van der Waals surface area contributed by atoms with Crippen LogP contribution >= 0.6 is 0 Å². The van der Waals surface area contributed by atoms with Crippen molar-refractivity contribution in [2.75, 3.05) is 13.1 Å². The number of carbonyl (C=O) groups excluding carboxylic acids is 1. The fraction of sp³-hybridized carbons (Fsp3) is 0.476. The summed E-state index contributed by atoms with van der Waals surface area (Å²) in [7, 11) is 0. The fourth-order valence-electron chi connectivity index (χ4n) is 5.29. The topological polar surface area (TPSA) is 45.0 Å². The van der Waals surface area contributed by atoms with E-state index in [1.54, 1.807) is 11.0 Å². The van der Waals surface area contributed by atoms with Gasteiger partial charge in [0.05, 0.1) is 29.8 Å². The van der Waals surface area contributed by atoms with Gasteiger partial charge in [0.15, 0.2) is 0 Å². The molecule has 1 aromatic rings. The molecule has 0 aromatic heterocycles. The molecule has 146 valence electrons. The van der Waals surface area contributed by atoms with Crippen LogP contribution in [0.3, 0.4) is 0 Å². The maximum atomic E-state index is 14.3. The smallest absolute Gasteiger partial charge is 0.231 e. The van der Waals surface area contributed by atoms with Crippen LogP contribution in [0.4, 0.5) is 13.2 Å². The number of hydrogen-bond acceptors (Lipinski definition) is 3. The quantitative estimate of drug-likeness (QED) is 0.740. The Balaban J connectivity index is 1.58. The summed E-state index contributed by atoms with van der Waals surface area (Å²) in [6.07, 6.45) is 2.87. The largest absolute Gasteiger partial charge is 0.336 e. The van der Waals surface area contributed by atoms with Gasteiger partial charge in [-0.15, -0.1) is 0 Å². The summed E-state index contributed by atoms with van der Waals surface area (Å²) in [6.45, 7) is 2.19. The zero-order chi connectivity index (χ0) is 19.6. The lowest BCUT2D eigenvalue weighted by atomic mass is 9.68. The maximum Gasteiger partial charge on any atom is 0.231 e. The maximum absolute atomic E-state index is 14.3. The zero-order valence-electron chi connectivity index (χ0n) is 15.5. The van der Waals surface area contributed by atoms with Crippen molar-refractivity contribution in [2.45, 2.75) is 38.4 Å². The molecule has 0 spiro atoms. The van der Waals surface area contributed by atoms with E-state index in [1.165, 1.54) is 18.2 Å². The summed E-state index contributed by atoms with van der Waals surface area (Å²) < 4.78 is 41.9.